The van der Waals surface area contributed by atoms with Crippen LogP contribution >= 0.6 is 0 Å². The highest BCUT2D eigenvalue weighted by Crippen LogP contribution is 2.19. The first kappa shape index (κ1) is 17.7. The van der Waals surface area contributed by atoms with Crippen molar-refractivity contribution < 1.29 is 4.79 Å². The summed E-state index contributed by atoms with van der Waals surface area (Å²) in [4.78, 5) is 23.6. The van der Waals surface area contributed by atoms with Gasteiger partial charge in [-0.2, -0.15) is 0 Å². The van der Waals surface area contributed by atoms with Gasteiger partial charge in [0.05, 0.1) is 17.4 Å². The molecule has 1 atom stereocenters. The van der Waals surface area contributed by atoms with Gasteiger partial charge in [0.25, 0.3) is 0 Å². The van der Waals surface area contributed by atoms with Crippen LogP contribution in [-0.2, 0) is 11.3 Å². The number of pyridine rings is 1. The fraction of sp³-hybridized carbons (Fsp3) is 0.381. The number of nitrogens with zero attached hydrogens (tertiary/aromatic N) is 4. The molecule has 1 aromatic carbocycles. The third-order valence-corrected chi connectivity index (χ3v) is 5.37. The molecule has 3 aromatic rings. The second-order valence-electron chi connectivity index (χ2n) is 7.23. The van der Waals surface area contributed by atoms with Crippen LogP contribution in [0.3, 0.4) is 0 Å². The molecule has 1 aliphatic rings. The molecule has 0 bridgehead atoms. The number of aromatic nitrogens is 3. The van der Waals surface area contributed by atoms with Crippen LogP contribution < -0.4 is 5.32 Å². The molecular formula is C21H25N5O. The fourth-order valence-corrected chi connectivity index (χ4v) is 3.72. The average molecular weight is 363 g/mol. The van der Waals surface area contributed by atoms with Gasteiger partial charge in [0.15, 0.2) is 0 Å². The quantitative estimate of drug-likeness (QED) is 0.757. The number of carbonyl (C=O) groups excluding carboxylic acids is 1. The van der Waals surface area contributed by atoms with Crippen molar-refractivity contribution in [2.45, 2.75) is 38.4 Å². The first-order valence-electron chi connectivity index (χ1n) is 9.54. The maximum absolute atomic E-state index is 12.7. The number of fused-ring (bicyclic) bond motifs is 1. The lowest BCUT2D eigenvalue weighted by atomic mass is 10.0. The SMILES string of the molecule is C[C@H](C(=O)NC1CCN(Cc2ccncc2)CC1)n1cnc2ccccc21. The second kappa shape index (κ2) is 7.88. The fourth-order valence-electron chi connectivity index (χ4n) is 3.72. The Bertz CT molecular complexity index is 899. The van der Waals surface area contributed by atoms with E-state index in [-0.39, 0.29) is 18.0 Å². The van der Waals surface area contributed by atoms with Crippen LogP contribution in [0.1, 0.15) is 31.4 Å². The van der Waals surface area contributed by atoms with Crippen LogP contribution in [-0.4, -0.2) is 44.5 Å². The number of piperidine rings is 1. The monoisotopic (exact) mass is 363 g/mol. The van der Waals surface area contributed by atoms with E-state index >= 15 is 0 Å². The molecule has 0 saturated carbocycles. The van der Waals surface area contributed by atoms with Gasteiger partial charge in [-0.25, -0.2) is 4.98 Å². The summed E-state index contributed by atoms with van der Waals surface area (Å²) in [5, 5.41) is 3.23. The Labute approximate surface area is 159 Å². The number of hydrogen-bond donors (Lipinski definition) is 1. The van der Waals surface area contributed by atoms with Crippen molar-refractivity contribution in [3.05, 3.63) is 60.7 Å². The van der Waals surface area contributed by atoms with Gasteiger partial charge in [0.1, 0.15) is 6.04 Å². The van der Waals surface area contributed by atoms with Gasteiger partial charge in [-0.15, -0.1) is 0 Å². The van der Waals surface area contributed by atoms with Crippen molar-refractivity contribution in [1.29, 1.82) is 0 Å². The zero-order chi connectivity index (χ0) is 18.6. The van der Waals surface area contributed by atoms with Gasteiger partial charge < -0.3 is 9.88 Å². The Balaban J connectivity index is 1.31. The number of nitrogens with one attached hydrogen (secondary N) is 1. The van der Waals surface area contributed by atoms with Crippen LogP contribution in [0.5, 0.6) is 0 Å². The Morgan fingerprint density at radius 3 is 2.70 bits per heavy atom. The zero-order valence-electron chi connectivity index (χ0n) is 15.6. The molecule has 140 valence electrons. The van der Waals surface area contributed by atoms with Crippen molar-refractivity contribution in [3.8, 4) is 0 Å². The summed E-state index contributed by atoms with van der Waals surface area (Å²) >= 11 is 0. The van der Waals surface area contributed by atoms with Crippen LogP contribution in [0.25, 0.3) is 11.0 Å². The summed E-state index contributed by atoms with van der Waals surface area (Å²) in [7, 11) is 0. The molecular weight excluding hydrogens is 338 g/mol. The first-order chi connectivity index (χ1) is 13.2. The number of hydrogen-bond acceptors (Lipinski definition) is 4. The van der Waals surface area contributed by atoms with E-state index in [1.807, 2.05) is 48.1 Å². The molecule has 6 heteroatoms. The molecule has 2 aromatic heterocycles. The van der Waals surface area contributed by atoms with E-state index in [1.165, 1.54) is 5.56 Å². The number of para-hydroxylation sites is 2. The summed E-state index contributed by atoms with van der Waals surface area (Å²) in [5.74, 6) is 0.0609. The number of imidazole rings is 1. The van der Waals surface area contributed by atoms with Crippen LogP contribution in [0, 0.1) is 0 Å². The Kier molecular flexibility index (Phi) is 5.16. The highest BCUT2D eigenvalue weighted by Gasteiger charge is 2.24. The Morgan fingerprint density at radius 1 is 1.19 bits per heavy atom. The number of benzene rings is 1. The zero-order valence-corrected chi connectivity index (χ0v) is 15.6. The molecule has 1 aliphatic heterocycles. The molecule has 27 heavy (non-hydrogen) atoms. The molecule has 1 N–H and O–H groups in total. The van der Waals surface area contributed by atoms with Gasteiger partial charge in [0, 0.05) is 38.1 Å². The largest absolute Gasteiger partial charge is 0.351 e. The second-order valence-corrected chi connectivity index (χ2v) is 7.23. The van der Waals surface area contributed by atoms with Gasteiger partial charge in [-0.05, 0) is 49.6 Å². The molecule has 4 rings (SSSR count). The van der Waals surface area contributed by atoms with E-state index in [9.17, 15) is 4.79 Å². The lowest BCUT2D eigenvalue weighted by molar-refractivity contribution is -0.124. The molecule has 1 fully saturated rings. The standard InChI is InChI=1S/C21H25N5O/c1-16(26-15-23-19-4-2-3-5-20(19)26)21(27)24-18-8-12-25(13-9-18)14-17-6-10-22-11-7-17/h2-7,10-11,15-16,18H,8-9,12-14H2,1H3,(H,24,27)/t16-/m1/s1. The van der Waals surface area contributed by atoms with E-state index in [0.29, 0.717) is 0 Å². The lowest BCUT2D eigenvalue weighted by Crippen LogP contribution is -2.46. The Hall–Kier alpha value is -2.73. The number of amides is 1. The third kappa shape index (κ3) is 4.01. The van der Waals surface area contributed by atoms with Crippen molar-refractivity contribution in [3.63, 3.8) is 0 Å². The minimum absolute atomic E-state index is 0.0609. The van der Waals surface area contributed by atoms with Crippen LogP contribution in [0.2, 0.25) is 0 Å². The van der Waals surface area contributed by atoms with Crippen molar-refractivity contribution in [2.24, 2.45) is 0 Å². The van der Waals surface area contributed by atoms with E-state index in [2.05, 4.69) is 32.3 Å². The summed E-state index contributed by atoms with van der Waals surface area (Å²) in [6, 6.07) is 12.0. The topological polar surface area (TPSA) is 63.1 Å². The summed E-state index contributed by atoms with van der Waals surface area (Å²) in [6.07, 6.45) is 7.39. The molecule has 0 radical (unpaired) electrons. The van der Waals surface area contributed by atoms with Crippen LogP contribution in [0.15, 0.2) is 55.1 Å². The molecule has 1 amide bonds. The van der Waals surface area contributed by atoms with Crippen LogP contribution in [0.4, 0.5) is 0 Å². The highest BCUT2D eigenvalue weighted by molar-refractivity contribution is 5.83. The number of rotatable bonds is 5. The Morgan fingerprint density at radius 2 is 1.93 bits per heavy atom. The van der Waals surface area contributed by atoms with Crippen molar-refractivity contribution in [1.82, 2.24) is 24.8 Å². The van der Waals surface area contributed by atoms with Crippen molar-refractivity contribution >= 4 is 16.9 Å². The van der Waals surface area contributed by atoms with E-state index in [4.69, 9.17) is 0 Å². The summed E-state index contributed by atoms with van der Waals surface area (Å²) in [5.41, 5.74) is 3.20. The molecule has 0 aliphatic carbocycles. The lowest BCUT2D eigenvalue weighted by Gasteiger charge is -2.33. The van der Waals surface area contributed by atoms with Gasteiger partial charge in [-0.1, -0.05) is 12.1 Å². The minimum Gasteiger partial charge on any atom is -0.351 e. The first-order valence-corrected chi connectivity index (χ1v) is 9.54. The minimum atomic E-state index is -0.271. The molecule has 1 saturated heterocycles. The maximum atomic E-state index is 12.7. The van der Waals surface area contributed by atoms with Gasteiger partial charge in [-0.3, -0.25) is 14.7 Å². The molecule has 6 nitrogen and oxygen atoms in total. The normalized spacial score (nSPS) is 17.1. The molecule has 0 spiro atoms. The maximum Gasteiger partial charge on any atom is 0.243 e. The average Bonchev–Trinajstić information content (AvgIpc) is 3.14. The van der Waals surface area contributed by atoms with E-state index in [1.54, 1.807) is 6.33 Å². The number of likely N-dealkylation sites (tertiary alicyclic amines) is 1. The molecule has 0 unspecified atom stereocenters. The van der Waals surface area contributed by atoms with Gasteiger partial charge in [0.2, 0.25) is 5.91 Å². The predicted molar refractivity (Wildman–Crippen MR) is 105 cm³/mol. The van der Waals surface area contributed by atoms with Crippen molar-refractivity contribution in [2.75, 3.05) is 13.1 Å². The molecule has 3 heterocycles. The summed E-state index contributed by atoms with van der Waals surface area (Å²) < 4.78 is 1.95. The van der Waals surface area contributed by atoms with E-state index in [0.717, 1.165) is 43.5 Å². The third-order valence-electron chi connectivity index (χ3n) is 5.37. The smallest absolute Gasteiger partial charge is 0.243 e. The number of carbonyl (C=O) groups is 1. The highest BCUT2D eigenvalue weighted by atomic mass is 16.2. The van der Waals surface area contributed by atoms with E-state index < -0.39 is 0 Å². The predicted octanol–water partition coefficient (Wildman–Crippen LogP) is 2.77. The summed E-state index contributed by atoms with van der Waals surface area (Å²) in [6.45, 7) is 4.87. The van der Waals surface area contributed by atoms with Gasteiger partial charge >= 0.3 is 0 Å².